The summed E-state index contributed by atoms with van der Waals surface area (Å²) in [5, 5.41) is 0. The van der Waals surface area contributed by atoms with Gasteiger partial charge in [0.2, 0.25) is 11.6 Å². The minimum absolute atomic E-state index is 0. The van der Waals surface area contributed by atoms with Crippen LogP contribution in [0.2, 0.25) is 0 Å². The van der Waals surface area contributed by atoms with Crippen molar-refractivity contribution in [2.75, 3.05) is 36.0 Å². The van der Waals surface area contributed by atoms with E-state index in [2.05, 4.69) is 71.7 Å². The number of carbonyl (C=O) groups excluding carboxylic acids is 2. The molecule has 2 aliphatic rings. The number of benzene rings is 2. The average molecular weight is 730 g/mol. The Hall–Kier alpha value is -4.98. The molecule has 0 unspecified atom stereocenters. The van der Waals surface area contributed by atoms with Gasteiger partial charge in [-0.05, 0) is 123 Å². The maximum atomic E-state index is 11.9. The fourth-order valence-corrected chi connectivity index (χ4v) is 6.03. The first-order valence-corrected chi connectivity index (χ1v) is 17.7. The average Bonchev–Trinajstić information content (AvgIpc) is 3.15. The topological polar surface area (TPSA) is 91.1 Å². The van der Waals surface area contributed by atoms with Crippen molar-refractivity contribution in [3.8, 4) is 0 Å². The summed E-state index contributed by atoms with van der Waals surface area (Å²) in [5.74, 6) is -0.139. The standard InChI is InChI=1S/2C21H23N3O.Cu/c2*1-3-14-24(15-4-2)17-9-7-16(8-10-17)23-19-11-12-20(25)21-18(19)6-5-13-22-21;/h2*5-13H,3-4,14-15H2,1-2H3;. The fraction of sp³-hybridized carbons (Fsp3) is 0.286. The Kier molecular flexibility index (Phi) is 14.8. The number of rotatable bonds is 12. The second kappa shape index (κ2) is 19.4. The molecule has 0 bridgehead atoms. The van der Waals surface area contributed by atoms with Crippen molar-refractivity contribution in [2.24, 2.45) is 9.98 Å². The Morgan fingerprint density at radius 1 is 0.510 bits per heavy atom. The molecule has 2 heterocycles. The number of anilines is 2. The Bertz CT molecular complexity index is 1750. The Morgan fingerprint density at radius 2 is 0.863 bits per heavy atom. The van der Waals surface area contributed by atoms with E-state index in [-0.39, 0.29) is 28.6 Å². The van der Waals surface area contributed by atoms with E-state index in [4.69, 9.17) is 9.98 Å². The van der Waals surface area contributed by atoms with Gasteiger partial charge in [0, 0.05) is 78.1 Å². The van der Waals surface area contributed by atoms with Gasteiger partial charge in [0.1, 0.15) is 11.4 Å². The summed E-state index contributed by atoms with van der Waals surface area (Å²) in [4.78, 5) is 46.4. The third-order valence-corrected chi connectivity index (χ3v) is 8.32. The van der Waals surface area contributed by atoms with Crippen LogP contribution < -0.4 is 9.80 Å². The van der Waals surface area contributed by atoms with Crippen LogP contribution in [0.25, 0.3) is 0 Å². The van der Waals surface area contributed by atoms with E-state index in [1.807, 2.05) is 48.5 Å². The molecule has 4 aromatic rings. The molecule has 9 heteroatoms. The maximum absolute atomic E-state index is 11.9. The summed E-state index contributed by atoms with van der Waals surface area (Å²) in [6.07, 6.45) is 14.4. The molecule has 0 fully saturated rings. The molecule has 0 saturated carbocycles. The van der Waals surface area contributed by atoms with Crippen molar-refractivity contribution in [3.63, 3.8) is 0 Å². The molecule has 2 aliphatic carbocycles. The molecule has 6 rings (SSSR count). The van der Waals surface area contributed by atoms with E-state index >= 15 is 0 Å². The van der Waals surface area contributed by atoms with Crippen LogP contribution in [0.1, 0.15) is 85.5 Å². The fourth-order valence-electron chi connectivity index (χ4n) is 6.03. The van der Waals surface area contributed by atoms with Crippen molar-refractivity contribution in [3.05, 3.63) is 132 Å². The smallest absolute Gasteiger partial charge is 0.204 e. The number of aromatic nitrogens is 2. The summed E-state index contributed by atoms with van der Waals surface area (Å²) < 4.78 is 0. The SMILES string of the molecule is CCCN(CCC)c1ccc(N=C2C=CC(=O)c3ncccc32)cc1.CCCN(CCC)c1ccc(N=C2C=CC(=O)c3ncccc32)cc1.[Cu]. The predicted molar refractivity (Wildman–Crippen MR) is 206 cm³/mol. The number of fused-ring (bicyclic) bond motifs is 2. The Labute approximate surface area is 312 Å². The second-order valence-electron chi connectivity index (χ2n) is 12.2. The predicted octanol–water partition coefficient (Wildman–Crippen LogP) is 9.16. The number of pyridine rings is 2. The molecule has 0 spiro atoms. The first kappa shape index (κ1) is 38.8. The molecule has 2 aromatic heterocycles. The largest absolute Gasteiger partial charge is 0.372 e. The number of hydrogen-bond acceptors (Lipinski definition) is 8. The summed E-state index contributed by atoms with van der Waals surface area (Å²) in [6, 6.07) is 24.0. The molecule has 0 atom stereocenters. The van der Waals surface area contributed by atoms with Crippen molar-refractivity contribution in [1.29, 1.82) is 0 Å². The third-order valence-electron chi connectivity index (χ3n) is 8.32. The summed E-state index contributed by atoms with van der Waals surface area (Å²) in [7, 11) is 0. The van der Waals surface area contributed by atoms with Gasteiger partial charge in [-0.1, -0.05) is 27.7 Å². The maximum Gasteiger partial charge on any atom is 0.204 e. The molecular weight excluding hydrogens is 684 g/mol. The number of ketones is 2. The van der Waals surface area contributed by atoms with Crippen LogP contribution in [-0.4, -0.2) is 59.1 Å². The van der Waals surface area contributed by atoms with Crippen molar-refractivity contribution >= 4 is 45.7 Å². The van der Waals surface area contributed by atoms with Crippen molar-refractivity contribution in [2.45, 2.75) is 53.4 Å². The summed E-state index contributed by atoms with van der Waals surface area (Å²) in [5.41, 5.74) is 8.27. The number of nitrogens with zero attached hydrogens (tertiary/aromatic N) is 6. The molecular formula is C42H46CuN6O2. The van der Waals surface area contributed by atoms with E-state index in [1.54, 1.807) is 24.5 Å². The molecule has 2 aromatic carbocycles. The van der Waals surface area contributed by atoms with Crippen LogP contribution in [0.5, 0.6) is 0 Å². The Morgan fingerprint density at radius 3 is 1.20 bits per heavy atom. The van der Waals surface area contributed by atoms with Gasteiger partial charge in [0.25, 0.3) is 0 Å². The van der Waals surface area contributed by atoms with Crippen molar-refractivity contribution in [1.82, 2.24) is 9.97 Å². The minimum Gasteiger partial charge on any atom is -0.372 e. The van der Waals surface area contributed by atoms with E-state index in [0.717, 1.165) is 85.8 Å². The second-order valence-corrected chi connectivity index (χ2v) is 12.2. The van der Waals surface area contributed by atoms with E-state index in [1.165, 1.54) is 23.5 Å². The molecule has 51 heavy (non-hydrogen) atoms. The van der Waals surface area contributed by atoms with Gasteiger partial charge in [-0.2, -0.15) is 0 Å². The number of aliphatic imine (C=N–C) groups is 2. The minimum atomic E-state index is -0.0697. The van der Waals surface area contributed by atoms with Gasteiger partial charge >= 0.3 is 0 Å². The van der Waals surface area contributed by atoms with Gasteiger partial charge < -0.3 is 9.80 Å². The van der Waals surface area contributed by atoms with Crippen LogP contribution in [0.15, 0.2) is 119 Å². The molecule has 0 aliphatic heterocycles. The van der Waals surface area contributed by atoms with Gasteiger partial charge in [-0.25, -0.2) is 9.98 Å². The zero-order chi connectivity index (χ0) is 35.3. The van der Waals surface area contributed by atoms with Crippen LogP contribution in [0.4, 0.5) is 22.7 Å². The van der Waals surface area contributed by atoms with E-state index in [0.29, 0.717) is 11.4 Å². The zero-order valence-corrected chi connectivity index (χ0v) is 30.8. The quantitative estimate of drug-likeness (QED) is 0.135. The molecule has 267 valence electrons. The van der Waals surface area contributed by atoms with Gasteiger partial charge in [0.05, 0.1) is 22.8 Å². The molecule has 0 amide bonds. The van der Waals surface area contributed by atoms with Crippen LogP contribution in [-0.2, 0) is 17.1 Å². The summed E-state index contributed by atoms with van der Waals surface area (Å²) >= 11 is 0. The number of hydrogen-bond donors (Lipinski definition) is 0. The number of allylic oxidation sites excluding steroid dienone is 4. The zero-order valence-electron chi connectivity index (χ0n) is 29.9. The van der Waals surface area contributed by atoms with Crippen LogP contribution in [0, 0.1) is 0 Å². The van der Waals surface area contributed by atoms with E-state index in [9.17, 15) is 9.59 Å². The van der Waals surface area contributed by atoms with Gasteiger partial charge in [-0.3, -0.25) is 19.6 Å². The third kappa shape index (κ3) is 10.1. The first-order chi connectivity index (χ1) is 24.4. The monoisotopic (exact) mass is 729 g/mol. The van der Waals surface area contributed by atoms with Crippen LogP contribution in [0.3, 0.4) is 0 Å². The summed E-state index contributed by atoms with van der Waals surface area (Å²) in [6.45, 7) is 13.0. The Balaban J connectivity index is 0.000000224. The molecule has 0 N–H and O–H groups in total. The van der Waals surface area contributed by atoms with Gasteiger partial charge in [-0.15, -0.1) is 0 Å². The van der Waals surface area contributed by atoms with Crippen molar-refractivity contribution < 1.29 is 26.7 Å². The first-order valence-electron chi connectivity index (χ1n) is 17.7. The van der Waals surface area contributed by atoms with Crippen LogP contribution >= 0.6 is 0 Å². The van der Waals surface area contributed by atoms with Gasteiger partial charge in [0.15, 0.2) is 0 Å². The molecule has 1 radical (unpaired) electrons. The van der Waals surface area contributed by atoms with E-state index < -0.39 is 0 Å². The molecule has 0 saturated heterocycles. The number of carbonyl (C=O) groups is 2. The normalized spacial score (nSPS) is 14.4. The molecule has 8 nitrogen and oxygen atoms in total.